The summed E-state index contributed by atoms with van der Waals surface area (Å²) in [6, 6.07) is 24.3. The molecule has 0 spiro atoms. The van der Waals surface area contributed by atoms with Gasteiger partial charge >= 0.3 is 6.09 Å². The molecule has 180 valence electrons. The van der Waals surface area contributed by atoms with Crippen molar-refractivity contribution in [3.05, 3.63) is 90.0 Å². The van der Waals surface area contributed by atoms with Crippen molar-refractivity contribution in [1.82, 2.24) is 10.2 Å². The molecular weight excluding hydrogens is 442 g/mol. The lowest BCUT2D eigenvalue weighted by Crippen LogP contribution is -2.42. The number of carbonyl (C=O) groups excluding carboxylic acids is 3. The molecule has 3 aromatic rings. The summed E-state index contributed by atoms with van der Waals surface area (Å²) >= 11 is 0. The van der Waals surface area contributed by atoms with E-state index in [9.17, 15) is 14.4 Å². The maximum absolute atomic E-state index is 12.6. The summed E-state index contributed by atoms with van der Waals surface area (Å²) in [6.45, 7) is 2.73. The molecule has 1 aliphatic heterocycles. The van der Waals surface area contributed by atoms with Crippen LogP contribution in [0.25, 0.3) is 11.1 Å². The fraction of sp³-hybridized carbons (Fsp3) is 0.250. The van der Waals surface area contributed by atoms with Crippen molar-refractivity contribution >= 4 is 24.0 Å². The van der Waals surface area contributed by atoms with Gasteiger partial charge in [-0.1, -0.05) is 66.7 Å². The zero-order chi connectivity index (χ0) is 24.5. The van der Waals surface area contributed by atoms with Crippen LogP contribution in [0.3, 0.4) is 0 Å². The van der Waals surface area contributed by atoms with Crippen molar-refractivity contribution in [2.75, 3.05) is 31.5 Å². The van der Waals surface area contributed by atoms with Crippen LogP contribution in [0.2, 0.25) is 0 Å². The molecular formula is C28H29N3O4. The van der Waals surface area contributed by atoms with E-state index in [-0.39, 0.29) is 12.0 Å². The molecule has 2 amide bonds. The number of nitrogens with zero attached hydrogens (tertiary/aromatic N) is 1. The highest BCUT2D eigenvalue weighted by atomic mass is 16.6. The minimum absolute atomic E-state index is 0.149. The van der Waals surface area contributed by atoms with Gasteiger partial charge in [-0.25, -0.2) is 4.79 Å². The lowest BCUT2D eigenvalue weighted by atomic mass is 10.0. The van der Waals surface area contributed by atoms with Crippen molar-refractivity contribution in [2.45, 2.75) is 18.9 Å². The summed E-state index contributed by atoms with van der Waals surface area (Å²) in [5.41, 5.74) is 3.45. The van der Waals surface area contributed by atoms with Gasteiger partial charge in [0.2, 0.25) is 0 Å². The number of hydrogen-bond donors (Lipinski definition) is 2. The fourth-order valence-corrected chi connectivity index (χ4v) is 4.23. The first-order chi connectivity index (χ1) is 17.1. The van der Waals surface area contributed by atoms with Crippen LogP contribution in [-0.4, -0.2) is 55.5 Å². The van der Waals surface area contributed by atoms with Crippen LogP contribution in [-0.2, 0) is 4.74 Å². The Morgan fingerprint density at radius 3 is 2.37 bits per heavy atom. The number of hydrogen-bond acceptors (Lipinski definition) is 5. The number of amides is 2. The number of anilines is 1. The SMILES string of the molecule is O=Cc1ccccc1C(=O)NCCN1CCC(OC(=O)Nc2ccccc2-c2ccccc2)CC1. The number of aldehydes is 1. The van der Waals surface area contributed by atoms with E-state index in [0.29, 0.717) is 36.2 Å². The van der Waals surface area contributed by atoms with Gasteiger partial charge in [0.25, 0.3) is 5.91 Å². The second kappa shape index (κ2) is 11.9. The van der Waals surface area contributed by atoms with Gasteiger partial charge in [-0.05, 0) is 30.5 Å². The minimum atomic E-state index is -0.451. The number of ether oxygens (including phenoxy) is 1. The first kappa shape index (κ1) is 24.2. The first-order valence-electron chi connectivity index (χ1n) is 11.8. The average molecular weight is 472 g/mol. The molecule has 1 heterocycles. The topological polar surface area (TPSA) is 87.7 Å². The Morgan fingerprint density at radius 2 is 1.60 bits per heavy atom. The normalized spacial score (nSPS) is 14.2. The average Bonchev–Trinajstić information content (AvgIpc) is 2.90. The van der Waals surface area contributed by atoms with E-state index in [1.54, 1.807) is 24.3 Å². The lowest BCUT2D eigenvalue weighted by Gasteiger charge is -2.31. The third-order valence-electron chi connectivity index (χ3n) is 6.10. The molecule has 1 fully saturated rings. The third-order valence-corrected chi connectivity index (χ3v) is 6.10. The van der Waals surface area contributed by atoms with Gasteiger partial charge in [0.1, 0.15) is 6.10 Å². The van der Waals surface area contributed by atoms with E-state index in [1.807, 2.05) is 54.6 Å². The monoisotopic (exact) mass is 471 g/mol. The number of rotatable bonds is 8. The van der Waals surface area contributed by atoms with Gasteiger partial charge in [0.15, 0.2) is 6.29 Å². The van der Waals surface area contributed by atoms with Crippen LogP contribution in [0.4, 0.5) is 10.5 Å². The maximum Gasteiger partial charge on any atom is 0.411 e. The summed E-state index contributed by atoms with van der Waals surface area (Å²) in [5.74, 6) is -0.252. The first-order valence-corrected chi connectivity index (χ1v) is 11.8. The molecule has 7 heteroatoms. The van der Waals surface area contributed by atoms with Crippen molar-refractivity contribution in [3.8, 4) is 11.1 Å². The molecule has 0 radical (unpaired) electrons. The van der Waals surface area contributed by atoms with Crippen molar-refractivity contribution in [3.63, 3.8) is 0 Å². The van der Waals surface area contributed by atoms with Crippen LogP contribution in [0.15, 0.2) is 78.9 Å². The number of para-hydroxylation sites is 1. The highest BCUT2D eigenvalue weighted by Gasteiger charge is 2.23. The Bertz CT molecular complexity index is 1160. The van der Waals surface area contributed by atoms with Crippen molar-refractivity contribution < 1.29 is 19.1 Å². The molecule has 0 aromatic heterocycles. The molecule has 0 saturated carbocycles. The fourth-order valence-electron chi connectivity index (χ4n) is 4.23. The third kappa shape index (κ3) is 6.55. The standard InChI is InChI=1S/C28H29N3O4/c32-20-22-10-4-5-12-25(22)27(33)29-16-19-31-17-14-23(15-18-31)35-28(34)30-26-13-7-6-11-24(26)21-8-2-1-3-9-21/h1-13,20,23H,14-19H2,(H,29,33)(H,30,34). The summed E-state index contributed by atoms with van der Waals surface area (Å²) < 4.78 is 5.68. The summed E-state index contributed by atoms with van der Waals surface area (Å²) in [6.07, 6.45) is 1.55. The Balaban J connectivity index is 1.20. The predicted molar refractivity (Wildman–Crippen MR) is 136 cm³/mol. The summed E-state index contributed by atoms with van der Waals surface area (Å²) in [5, 5.41) is 5.77. The van der Waals surface area contributed by atoms with E-state index in [2.05, 4.69) is 15.5 Å². The molecule has 7 nitrogen and oxygen atoms in total. The van der Waals surface area contributed by atoms with Gasteiger partial charge in [-0.3, -0.25) is 14.9 Å². The molecule has 2 N–H and O–H groups in total. The lowest BCUT2D eigenvalue weighted by molar-refractivity contribution is 0.0587. The molecule has 0 aliphatic carbocycles. The Morgan fingerprint density at radius 1 is 0.914 bits per heavy atom. The zero-order valence-corrected chi connectivity index (χ0v) is 19.5. The van der Waals surface area contributed by atoms with E-state index in [4.69, 9.17) is 4.74 Å². The Labute approximate surface area is 205 Å². The van der Waals surface area contributed by atoms with Crippen LogP contribution >= 0.6 is 0 Å². The van der Waals surface area contributed by atoms with Crippen LogP contribution in [0.5, 0.6) is 0 Å². The number of carbonyl (C=O) groups is 3. The van der Waals surface area contributed by atoms with Gasteiger partial charge in [0, 0.05) is 42.9 Å². The second-order valence-corrected chi connectivity index (χ2v) is 8.44. The number of nitrogens with one attached hydrogen (secondary N) is 2. The molecule has 0 bridgehead atoms. The van der Waals surface area contributed by atoms with Gasteiger partial charge in [-0.15, -0.1) is 0 Å². The smallest absolute Gasteiger partial charge is 0.411 e. The molecule has 35 heavy (non-hydrogen) atoms. The molecule has 0 atom stereocenters. The molecule has 3 aromatic carbocycles. The number of benzene rings is 3. The second-order valence-electron chi connectivity index (χ2n) is 8.44. The summed E-state index contributed by atoms with van der Waals surface area (Å²) in [7, 11) is 0. The van der Waals surface area contributed by atoms with Gasteiger partial charge in [-0.2, -0.15) is 0 Å². The van der Waals surface area contributed by atoms with E-state index < -0.39 is 6.09 Å². The Kier molecular flexibility index (Phi) is 8.25. The van der Waals surface area contributed by atoms with Crippen LogP contribution in [0.1, 0.15) is 33.6 Å². The number of likely N-dealkylation sites (tertiary alicyclic amines) is 1. The van der Waals surface area contributed by atoms with E-state index in [1.165, 1.54) is 0 Å². The summed E-state index contributed by atoms with van der Waals surface area (Å²) in [4.78, 5) is 38.3. The Hall–Kier alpha value is -3.97. The minimum Gasteiger partial charge on any atom is -0.446 e. The zero-order valence-electron chi connectivity index (χ0n) is 19.5. The highest BCUT2D eigenvalue weighted by Crippen LogP contribution is 2.28. The predicted octanol–water partition coefficient (Wildman–Crippen LogP) is 4.61. The van der Waals surface area contributed by atoms with Crippen molar-refractivity contribution in [1.29, 1.82) is 0 Å². The van der Waals surface area contributed by atoms with E-state index in [0.717, 1.165) is 37.1 Å². The van der Waals surface area contributed by atoms with Gasteiger partial charge in [0.05, 0.1) is 5.69 Å². The highest BCUT2D eigenvalue weighted by molar-refractivity contribution is 6.01. The van der Waals surface area contributed by atoms with Gasteiger partial charge < -0.3 is 15.0 Å². The number of piperidine rings is 1. The van der Waals surface area contributed by atoms with Crippen LogP contribution < -0.4 is 10.6 Å². The van der Waals surface area contributed by atoms with Crippen molar-refractivity contribution in [2.24, 2.45) is 0 Å². The molecule has 1 aliphatic rings. The molecule has 0 unspecified atom stereocenters. The van der Waals surface area contributed by atoms with E-state index >= 15 is 0 Å². The largest absolute Gasteiger partial charge is 0.446 e. The van der Waals surface area contributed by atoms with Crippen LogP contribution in [0, 0.1) is 0 Å². The molecule has 4 rings (SSSR count). The molecule has 1 saturated heterocycles. The maximum atomic E-state index is 12.6. The quantitative estimate of drug-likeness (QED) is 0.469.